The van der Waals surface area contributed by atoms with E-state index < -0.39 is 33.4 Å². The summed E-state index contributed by atoms with van der Waals surface area (Å²) in [6.07, 6.45) is 5.28. The van der Waals surface area contributed by atoms with Crippen LogP contribution in [0.1, 0.15) is 25.0 Å². The largest absolute Gasteiger partial charge is 0.493 e. The minimum absolute atomic E-state index is 0.0110. The lowest BCUT2D eigenvalue weighted by Gasteiger charge is -2.23. The molecular weight excluding hydrogens is 1060 g/mol. The van der Waals surface area contributed by atoms with Gasteiger partial charge in [0, 0.05) is 25.2 Å². The van der Waals surface area contributed by atoms with Crippen molar-refractivity contribution >= 4 is 62.5 Å². The van der Waals surface area contributed by atoms with Gasteiger partial charge in [0.1, 0.15) is 35.8 Å². The van der Waals surface area contributed by atoms with Gasteiger partial charge in [-0.25, -0.2) is 25.1 Å². The number of benzene rings is 2. The van der Waals surface area contributed by atoms with E-state index in [1.54, 1.807) is 61.2 Å². The number of rotatable bonds is 24. The van der Waals surface area contributed by atoms with Crippen molar-refractivity contribution in [2.24, 2.45) is 0 Å². The molecule has 8 N–H and O–H groups in total. The van der Waals surface area contributed by atoms with Gasteiger partial charge in [-0.05, 0) is 88.5 Å². The fourth-order valence-electron chi connectivity index (χ4n) is 5.82. The van der Waals surface area contributed by atoms with Crippen molar-refractivity contribution in [1.82, 2.24) is 9.97 Å². The smallest absolute Gasteiger partial charge is 0.414 e. The quantitative estimate of drug-likeness (QED) is 0.00556. The van der Waals surface area contributed by atoms with Crippen LogP contribution in [0.2, 0.25) is 0 Å². The van der Waals surface area contributed by atoms with Gasteiger partial charge in [0.2, 0.25) is 17.5 Å². The van der Waals surface area contributed by atoms with Gasteiger partial charge >= 0.3 is 23.6 Å². The third-order valence-corrected chi connectivity index (χ3v) is 9.17. The number of nitro groups is 2. The molecule has 0 saturated carbocycles. The number of carbonyl (C=O) groups is 2. The molecule has 4 rings (SSSR count). The van der Waals surface area contributed by atoms with Crippen molar-refractivity contribution in [1.29, 1.82) is 5.53 Å². The molecule has 0 atom stereocenters. The van der Waals surface area contributed by atoms with Gasteiger partial charge in [0.15, 0.2) is 23.0 Å². The first kappa shape index (κ1) is 66.3. The zero-order valence-corrected chi connectivity index (χ0v) is 43.1. The van der Waals surface area contributed by atoms with Gasteiger partial charge in [-0.1, -0.05) is 61.2 Å². The van der Waals surface area contributed by atoms with Crippen molar-refractivity contribution in [3.05, 3.63) is 146 Å². The number of methoxy groups -OCH3 is 2. The molecule has 0 aliphatic carbocycles. The molecule has 75 heavy (non-hydrogen) atoms. The van der Waals surface area contributed by atoms with E-state index in [4.69, 9.17) is 71.3 Å². The predicted octanol–water partition coefficient (Wildman–Crippen LogP) is 9.02. The monoisotopic (exact) mass is 1120 g/mol. The lowest BCUT2D eigenvalue weighted by molar-refractivity contribution is -0.465. The van der Waals surface area contributed by atoms with E-state index in [1.165, 1.54) is 43.4 Å². The Balaban J connectivity index is 0.00000124. The Morgan fingerprint density at radius 1 is 0.733 bits per heavy atom. The summed E-state index contributed by atoms with van der Waals surface area (Å²) >= 11 is 3.17. The van der Waals surface area contributed by atoms with Crippen molar-refractivity contribution in [2.45, 2.75) is 26.7 Å². The second kappa shape index (κ2) is 38.0. The van der Waals surface area contributed by atoms with E-state index >= 15 is 0 Å². The molecular formula is C46H60BrN11O17. The average Bonchev–Trinajstić information content (AvgIpc) is 3.37. The Kier molecular flexibility index (Phi) is 33.5. The van der Waals surface area contributed by atoms with Gasteiger partial charge in [-0.2, -0.15) is 4.98 Å². The number of hydrogen-bond donors (Lipinski definition) is 6. The molecule has 0 aliphatic rings. The summed E-state index contributed by atoms with van der Waals surface area (Å²) in [6, 6.07) is 13.3. The molecule has 408 valence electrons. The van der Waals surface area contributed by atoms with Crippen LogP contribution < -0.4 is 45.0 Å². The summed E-state index contributed by atoms with van der Waals surface area (Å²) in [5, 5.41) is 46.6. The molecule has 0 spiro atoms. The van der Waals surface area contributed by atoms with Crippen molar-refractivity contribution in [3.63, 3.8) is 0 Å². The molecule has 29 heteroatoms. The number of ether oxygens (including phenoxy) is 7. The first-order valence-corrected chi connectivity index (χ1v) is 22.4. The molecule has 2 amide bonds. The Morgan fingerprint density at radius 3 is 1.45 bits per heavy atom. The molecule has 2 aromatic carbocycles. The Morgan fingerprint density at radius 2 is 1.11 bits per heavy atom. The predicted molar refractivity (Wildman–Crippen MR) is 281 cm³/mol. The number of nitrogens with one attached hydrogen (secondary N) is 1. The molecule has 0 bridgehead atoms. The van der Waals surface area contributed by atoms with Crippen LogP contribution in [0.4, 0.5) is 44.0 Å². The number of nitrogen functional groups attached to an aromatic ring is 2. The van der Waals surface area contributed by atoms with Gasteiger partial charge < -0.3 is 49.7 Å². The summed E-state index contributed by atoms with van der Waals surface area (Å²) in [5.74, 6) is 1.42. The van der Waals surface area contributed by atoms with E-state index in [2.05, 4.69) is 57.3 Å². The molecule has 0 fully saturated rings. The van der Waals surface area contributed by atoms with Crippen LogP contribution >= 0.6 is 15.9 Å². The Hall–Kier alpha value is -8.73. The maximum Gasteiger partial charge on any atom is 0.414 e. The SMILES string of the molecule is C=CCO.C=CCOc1cc(CCN(C(=O)OCC)c2cc(Br)nc(N)c2[N+](=O)[O-])ccc1OC.C=CCOc1cc(N(CCc2ccc(OC)c(OCC=C)c2)C(=O)OCC)c([N+](=O)[O-])c(N)n1.OOO.[N-]=[N+]=N. The molecule has 0 radical (unpaired) electrons. The lowest BCUT2D eigenvalue weighted by Crippen LogP contribution is -2.34. The normalized spacial score (nSPS) is 9.55. The highest BCUT2D eigenvalue weighted by atomic mass is 79.9. The Bertz CT molecular complexity index is 2530. The number of carbonyl (C=O) groups excluding carboxylic acids is 2. The number of pyridine rings is 2. The van der Waals surface area contributed by atoms with Gasteiger partial charge in [-0.15, -0.1) is 12.1 Å². The van der Waals surface area contributed by atoms with E-state index in [-0.39, 0.29) is 79.6 Å². The Labute approximate surface area is 439 Å². The number of amides is 2. The number of nitrogens with zero attached hydrogens (tertiary/aromatic N) is 8. The van der Waals surface area contributed by atoms with E-state index in [1.807, 2.05) is 6.07 Å². The number of hydrogen-bond acceptors (Lipinski definition) is 22. The summed E-state index contributed by atoms with van der Waals surface area (Å²) < 4.78 is 37.7. The number of aromatic nitrogens is 2. The number of anilines is 4. The maximum atomic E-state index is 12.8. The average molecular weight is 1120 g/mol. The fraction of sp³-hybridized carbons (Fsp3) is 0.304. The molecule has 0 unspecified atom stereocenters. The topological polar surface area (TPSA) is 400 Å². The molecule has 2 heterocycles. The molecule has 28 nitrogen and oxygen atoms in total. The minimum atomic E-state index is -0.775. The number of nitrogens with two attached hydrogens (primary N) is 2. The highest BCUT2D eigenvalue weighted by Crippen LogP contribution is 2.38. The van der Waals surface area contributed by atoms with Crippen LogP contribution in [-0.4, -0.2) is 115 Å². The van der Waals surface area contributed by atoms with Crippen LogP contribution in [0.15, 0.2) is 104 Å². The highest BCUT2D eigenvalue weighted by Gasteiger charge is 2.31. The summed E-state index contributed by atoms with van der Waals surface area (Å²) in [4.78, 5) is 59.2. The first-order chi connectivity index (χ1) is 35.9. The zero-order chi connectivity index (χ0) is 56.9. The van der Waals surface area contributed by atoms with Crippen molar-refractivity contribution in [2.75, 3.05) is 88.2 Å². The molecule has 4 aromatic rings. The standard InChI is InChI=1S/C23H28N4O7.C20H23BrN4O6.C3H6O.HN3.H2O3/c1-5-12-33-19-14-16(8-9-18(19)31-4)10-11-26(23(28)32-7-3)17-15-20(34-13-6-2)25-22(24)21(17)27(29)30;1-4-10-31-16-11-13(6-7-15(16)29-3)8-9-24(20(26)30-5-2)14-12-17(21)23-19(22)18(14)25(27)28;1-2-3-4;2*1-3-2/h5-6,8-9,14-15H,1-2,7,10-13H2,3-4H3,(H2,24,25);4,6-7,11-12H,1,5,8-10H2,2-3H3,(H2,22,23);2,4H,1,3H2;1H;1-2H. The summed E-state index contributed by atoms with van der Waals surface area (Å²) in [6.45, 7) is 18.4. The van der Waals surface area contributed by atoms with Gasteiger partial charge in [0.05, 0.1) is 43.9 Å². The second-order valence-corrected chi connectivity index (χ2v) is 14.4. The summed E-state index contributed by atoms with van der Waals surface area (Å²) in [7, 11) is 3.06. The molecule has 0 aliphatic heterocycles. The third-order valence-electron chi connectivity index (χ3n) is 8.76. The second-order valence-electron chi connectivity index (χ2n) is 13.5. The lowest BCUT2D eigenvalue weighted by atomic mass is 10.1. The highest BCUT2D eigenvalue weighted by molar-refractivity contribution is 9.10. The van der Waals surface area contributed by atoms with Gasteiger partial charge in [-0.3, -0.25) is 30.0 Å². The van der Waals surface area contributed by atoms with Crippen LogP contribution in [-0.2, 0) is 27.4 Å². The minimum Gasteiger partial charge on any atom is -0.493 e. The van der Waals surface area contributed by atoms with E-state index in [9.17, 15) is 29.8 Å². The van der Waals surface area contributed by atoms with Crippen molar-refractivity contribution < 1.29 is 73.3 Å². The fourth-order valence-corrected chi connectivity index (χ4v) is 6.23. The van der Waals surface area contributed by atoms with Crippen LogP contribution in [0.5, 0.6) is 28.9 Å². The zero-order valence-electron chi connectivity index (χ0n) is 41.5. The van der Waals surface area contributed by atoms with E-state index in [0.717, 1.165) is 16.0 Å². The van der Waals surface area contributed by atoms with Crippen LogP contribution in [0, 0.1) is 25.8 Å². The van der Waals surface area contributed by atoms with E-state index in [0.29, 0.717) is 42.4 Å². The number of aliphatic hydroxyl groups is 1. The third kappa shape index (κ3) is 23.1. The molecule has 2 aromatic heterocycles. The number of halogens is 1. The summed E-state index contributed by atoms with van der Waals surface area (Å²) in [5.41, 5.74) is 24.3. The van der Waals surface area contributed by atoms with Crippen LogP contribution in [0.25, 0.3) is 10.4 Å². The maximum absolute atomic E-state index is 12.8. The number of aliphatic hydroxyl groups excluding tert-OH is 1. The molecule has 0 saturated heterocycles. The van der Waals surface area contributed by atoms with Gasteiger partial charge in [0.25, 0.3) is 0 Å². The van der Waals surface area contributed by atoms with Crippen molar-refractivity contribution in [3.8, 4) is 28.9 Å². The van der Waals surface area contributed by atoms with Crippen LogP contribution in [0.3, 0.4) is 0 Å². The first-order valence-electron chi connectivity index (χ1n) is 21.6.